The fourth-order valence-electron chi connectivity index (χ4n) is 2.85. The Morgan fingerprint density at radius 1 is 1.48 bits per heavy atom. The van der Waals surface area contributed by atoms with Gasteiger partial charge in [-0.25, -0.2) is 9.48 Å². The molecule has 23 heavy (non-hydrogen) atoms. The van der Waals surface area contributed by atoms with Crippen LogP contribution >= 0.6 is 11.3 Å². The number of carbonyl (C=O) groups excluding carboxylic acids is 1. The predicted molar refractivity (Wildman–Crippen MR) is 84.9 cm³/mol. The summed E-state index contributed by atoms with van der Waals surface area (Å²) in [4.78, 5) is 26.3. The number of carboxylic acid groups (broad SMARTS) is 1. The molecular formula is C15H18N4O3S. The SMILES string of the molecule is CCc1ccsc1C(=O)N1CCCC(n2cc(C(=O)O)nn2)C1. The quantitative estimate of drug-likeness (QED) is 0.925. The number of aryl methyl sites for hydroxylation is 1. The number of carboxylic acids is 1. The molecule has 1 aliphatic heterocycles. The highest BCUT2D eigenvalue weighted by Crippen LogP contribution is 2.25. The zero-order valence-corrected chi connectivity index (χ0v) is 13.6. The summed E-state index contributed by atoms with van der Waals surface area (Å²) < 4.78 is 1.57. The van der Waals surface area contributed by atoms with Gasteiger partial charge in [-0.3, -0.25) is 4.79 Å². The Labute approximate surface area is 137 Å². The van der Waals surface area contributed by atoms with Gasteiger partial charge in [0.1, 0.15) is 0 Å². The van der Waals surface area contributed by atoms with Crippen molar-refractivity contribution in [2.45, 2.75) is 32.2 Å². The number of hydrogen-bond acceptors (Lipinski definition) is 5. The summed E-state index contributed by atoms with van der Waals surface area (Å²) in [5.74, 6) is -1.04. The monoisotopic (exact) mass is 334 g/mol. The minimum atomic E-state index is -1.09. The highest BCUT2D eigenvalue weighted by atomic mass is 32.1. The van der Waals surface area contributed by atoms with E-state index in [2.05, 4.69) is 10.3 Å². The maximum atomic E-state index is 12.7. The highest BCUT2D eigenvalue weighted by Gasteiger charge is 2.28. The minimum Gasteiger partial charge on any atom is -0.476 e. The van der Waals surface area contributed by atoms with Crippen molar-refractivity contribution in [1.82, 2.24) is 19.9 Å². The summed E-state index contributed by atoms with van der Waals surface area (Å²) in [5, 5.41) is 18.4. The number of likely N-dealkylation sites (tertiary alicyclic amines) is 1. The number of aromatic nitrogens is 3. The first-order valence-electron chi connectivity index (χ1n) is 7.61. The Morgan fingerprint density at radius 3 is 3.00 bits per heavy atom. The van der Waals surface area contributed by atoms with Gasteiger partial charge in [-0.15, -0.1) is 16.4 Å². The predicted octanol–water partition coefficient (Wildman–Crippen LogP) is 2.08. The van der Waals surface area contributed by atoms with Gasteiger partial charge >= 0.3 is 5.97 Å². The molecule has 0 radical (unpaired) electrons. The maximum absolute atomic E-state index is 12.7. The molecule has 7 nitrogen and oxygen atoms in total. The number of piperidine rings is 1. The first kappa shape index (κ1) is 15.7. The molecule has 3 heterocycles. The number of aromatic carboxylic acids is 1. The molecule has 1 amide bonds. The van der Waals surface area contributed by atoms with Gasteiger partial charge in [0.05, 0.1) is 17.1 Å². The molecule has 2 aromatic heterocycles. The van der Waals surface area contributed by atoms with Crippen molar-refractivity contribution >= 4 is 23.2 Å². The molecule has 3 rings (SSSR count). The van der Waals surface area contributed by atoms with E-state index in [0.717, 1.165) is 36.2 Å². The van der Waals surface area contributed by atoms with Crippen LogP contribution in [-0.2, 0) is 6.42 Å². The van der Waals surface area contributed by atoms with Gasteiger partial charge in [0, 0.05) is 13.1 Å². The van der Waals surface area contributed by atoms with Gasteiger partial charge in [-0.2, -0.15) is 0 Å². The largest absolute Gasteiger partial charge is 0.476 e. The van der Waals surface area contributed by atoms with Gasteiger partial charge in [-0.1, -0.05) is 12.1 Å². The molecule has 0 bridgehead atoms. The average Bonchev–Trinajstić information content (AvgIpc) is 3.23. The molecule has 2 aromatic rings. The van der Waals surface area contributed by atoms with E-state index in [9.17, 15) is 9.59 Å². The normalized spacial score (nSPS) is 18.1. The molecule has 1 saturated heterocycles. The molecule has 0 saturated carbocycles. The Morgan fingerprint density at radius 2 is 2.30 bits per heavy atom. The third-order valence-electron chi connectivity index (χ3n) is 4.11. The zero-order valence-electron chi connectivity index (χ0n) is 12.8. The van der Waals surface area contributed by atoms with Crippen molar-refractivity contribution in [3.63, 3.8) is 0 Å². The van der Waals surface area contributed by atoms with Crippen molar-refractivity contribution in [2.75, 3.05) is 13.1 Å². The second-order valence-corrected chi connectivity index (χ2v) is 6.48. The van der Waals surface area contributed by atoms with Crippen LogP contribution in [0.2, 0.25) is 0 Å². The molecular weight excluding hydrogens is 316 g/mol. The van der Waals surface area contributed by atoms with Gasteiger partial charge in [0.15, 0.2) is 5.69 Å². The van der Waals surface area contributed by atoms with Gasteiger partial charge in [-0.05, 0) is 36.3 Å². The van der Waals surface area contributed by atoms with Crippen molar-refractivity contribution < 1.29 is 14.7 Å². The highest BCUT2D eigenvalue weighted by molar-refractivity contribution is 7.12. The second kappa shape index (κ2) is 6.49. The van der Waals surface area contributed by atoms with E-state index in [1.54, 1.807) is 4.68 Å². The fourth-order valence-corrected chi connectivity index (χ4v) is 3.82. The minimum absolute atomic E-state index is 0.0293. The molecule has 1 atom stereocenters. The molecule has 1 unspecified atom stereocenters. The zero-order chi connectivity index (χ0) is 16.4. The van der Waals surface area contributed by atoms with Crippen LogP contribution in [0.1, 0.15) is 51.5 Å². The number of amides is 1. The van der Waals surface area contributed by atoms with E-state index in [1.807, 2.05) is 23.3 Å². The molecule has 0 spiro atoms. The fraction of sp³-hybridized carbons (Fsp3) is 0.467. The number of nitrogens with zero attached hydrogens (tertiary/aromatic N) is 4. The van der Waals surface area contributed by atoms with E-state index >= 15 is 0 Å². The van der Waals surface area contributed by atoms with Crippen LogP contribution in [0.25, 0.3) is 0 Å². The van der Waals surface area contributed by atoms with Crippen LogP contribution < -0.4 is 0 Å². The van der Waals surface area contributed by atoms with Crippen LogP contribution in [0, 0.1) is 0 Å². The maximum Gasteiger partial charge on any atom is 0.358 e. The summed E-state index contributed by atoms with van der Waals surface area (Å²) >= 11 is 1.48. The first-order chi connectivity index (χ1) is 11.1. The van der Waals surface area contributed by atoms with E-state index in [4.69, 9.17) is 5.11 Å². The summed E-state index contributed by atoms with van der Waals surface area (Å²) in [6, 6.07) is 1.97. The van der Waals surface area contributed by atoms with Gasteiger partial charge in [0.2, 0.25) is 0 Å². The van der Waals surface area contributed by atoms with Crippen LogP contribution in [0.15, 0.2) is 17.6 Å². The molecule has 1 aliphatic rings. The van der Waals surface area contributed by atoms with Crippen molar-refractivity contribution in [2.24, 2.45) is 0 Å². The summed E-state index contributed by atoms with van der Waals surface area (Å²) in [6.45, 7) is 3.29. The van der Waals surface area contributed by atoms with E-state index < -0.39 is 5.97 Å². The number of carbonyl (C=O) groups is 2. The second-order valence-electron chi connectivity index (χ2n) is 5.56. The Balaban J connectivity index is 1.75. The molecule has 1 N–H and O–H groups in total. The van der Waals surface area contributed by atoms with Crippen molar-refractivity contribution in [3.8, 4) is 0 Å². The van der Waals surface area contributed by atoms with Crippen LogP contribution in [-0.4, -0.2) is 50.0 Å². The topological polar surface area (TPSA) is 88.3 Å². The Bertz CT molecular complexity index is 724. The van der Waals surface area contributed by atoms with Crippen molar-refractivity contribution in [3.05, 3.63) is 33.8 Å². The van der Waals surface area contributed by atoms with E-state index in [1.165, 1.54) is 17.5 Å². The lowest BCUT2D eigenvalue weighted by atomic mass is 10.1. The third kappa shape index (κ3) is 3.12. The van der Waals surface area contributed by atoms with E-state index in [0.29, 0.717) is 6.54 Å². The van der Waals surface area contributed by atoms with E-state index in [-0.39, 0.29) is 17.6 Å². The molecule has 1 fully saturated rings. The lowest BCUT2D eigenvalue weighted by molar-refractivity contribution is 0.0669. The van der Waals surface area contributed by atoms with Crippen molar-refractivity contribution in [1.29, 1.82) is 0 Å². The number of rotatable bonds is 4. The molecule has 0 aliphatic carbocycles. The first-order valence-corrected chi connectivity index (χ1v) is 8.49. The third-order valence-corrected chi connectivity index (χ3v) is 5.05. The summed E-state index contributed by atoms with van der Waals surface area (Å²) in [5.41, 5.74) is 1.01. The van der Waals surface area contributed by atoms with Crippen LogP contribution in [0.3, 0.4) is 0 Å². The number of thiophene rings is 1. The molecule has 122 valence electrons. The molecule has 8 heteroatoms. The van der Waals surface area contributed by atoms with Gasteiger partial charge < -0.3 is 10.0 Å². The lowest BCUT2D eigenvalue weighted by Crippen LogP contribution is -2.40. The Kier molecular flexibility index (Phi) is 4.42. The standard InChI is InChI=1S/C15H18N4O3S/c1-2-10-5-7-23-13(10)14(20)18-6-3-4-11(8-18)19-9-12(15(21)22)16-17-19/h5,7,9,11H,2-4,6,8H2,1H3,(H,21,22). The van der Waals surface area contributed by atoms with Crippen LogP contribution in [0.5, 0.6) is 0 Å². The van der Waals surface area contributed by atoms with Gasteiger partial charge in [0.25, 0.3) is 5.91 Å². The smallest absolute Gasteiger partial charge is 0.358 e. The molecule has 0 aromatic carbocycles. The van der Waals surface area contributed by atoms with Crippen LogP contribution in [0.4, 0.5) is 0 Å². The average molecular weight is 334 g/mol. The summed E-state index contributed by atoms with van der Waals surface area (Å²) in [6.07, 6.45) is 4.00. The Hall–Kier alpha value is -2.22. The summed E-state index contributed by atoms with van der Waals surface area (Å²) in [7, 11) is 0. The lowest BCUT2D eigenvalue weighted by Gasteiger charge is -2.32. The number of hydrogen-bond donors (Lipinski definition) is 1.